The maximum atomic E-state index is 12.5. The lowest BCUT2D eigenvalue weighted by atomic mass is 9.87. The Morgan fingerprint density at radius 2 is 1.86 bits per heavy atom. The maximum Gasteiger partial charge on any atom is 0.410 e. The van der Waals surface area contributed by atoms with Crippen LogP contribution in [0.5, 0.6) is 6.01 Å². The standard InChI is InChI=1S/C27H31ClN4O5/c1-27(2,3)37-26(35)32-11-10-16-12-17(4-5-18(16)14-32)22-20(28)13-21-23(30-22)31-25(29-21)36-19-8-6-15(7-9-19)24(33)34/h4-5,12-13,15,19H,6-11,14H2,1-3H3,(H,33,34)(H,29,30,31)/t15-,19-. The summed E-state index contributed by atoms with van der Waals surface area (Å²) in [5, 5.41) is 9.68. The molecule has 1 saturated carbocycles. The molecule has 1 fully saturated rings. The average molecular weight is 527 g/mol. The Labute approximate surface area is 220 Å². The summed E-state index contributed by atoms with van der Waals surface area (Å²) in [6.07, 6.45) is 2.89. The van der Waals surface area contributed by atoms with Crippen LogP contribution in [-0.4, -0.2) is 55.3 Å². The van der Waals surface area contributed by atoms with E-state index in [2.05, 4.69) is 16.0 Å². The number of rotatable bonds is 4. The van der Waals surface area contributed by atoms with Gasteiger partial charge in [0.1, 0.15) is 17.2 Å². The number of nitrogens with zero attached hydrogens (tertiary/aromatic N) is 3. The van der Waals surface area contributed by atoms with Gasteiger partial charge in [-0.2, -0.15) is 4.98 Å². The number of imidazole rings is 1. The van der Waals surface area contributed by atoms with Crippen molar-refractivity contribution >= 4 is 34.8 Å². The van der Waals surface area contributed by atoms with Crippen LogP contribution in [0.4, 0.5) is 4.79 Å². The van der Waals surface area contributed by atoms with Crippen molar-refractivity contribution in [2.45, 2.75) is 71.1 Å². The molecule has 2 aromatic heterocycles. The summed E-state index contributed by atoms with van der Waals surface area (Å²) >= 11 is 6.61. The summed E-state index contributed by atoms with van der Waals surface area (Å²) in [7, 11) is 0. The van der Waals surface area contributed by atoms with Crippen LogP contribution in [0.2, 0.25) is 5.02 Å². The predicted molar refractivity (Wildman–Crippen MR) is 139 cm³/mol. The first-order valence-corrected chi connectivity index (χ1v) is 13.0. The van der Waals surface area contributed by atoms with Crippen molar-refractivity contribution in [1.82, 2.24) is 19.9 Å². The van der Waals surface area contributed by atoms with Gasteiger partial charge >= 0.3 is 12.1 Å². The van der Waals surface area contributed by atoms with Crippen molar-refractivity contribution in [3.05, 3.63) is 40.4 Å². The number of hydrogen-bond acceptors (Lipinski definition) is 6. The Balaban J connectivity index is 1.31. The number of H-pyrrole nitrogens is 1. The summed E-state index contributed by atoms with van der Waals surface area (Å²) in [4.78, 5) is 37.7. The number of carboxylic acid groups (broad SMARTS) is 1. The van der Waals surface area contributed by atoms with Gasteiger partial charge < -0.3 is 19.5 Å². The lowest BCUT2D eigenvalue weighted by molar-refractivity contribution is -0.143. The second-order valence-electron chi connectivity index (χ2n) is 10.8. The zero-order valence-electron chi connectivity index (χ0n) is 21.2. The Hall–Kier alpha value is -3.33. The minimum atomic E-state index is -0.740. The minimum Gasteiger partial charge on any atom is -0.481 e. The highest BCUT2D eigenvalue weighted by Gasteiger charge is 2.28. The van der Waals surface area contributed by atoms with E-state index in [-0.39, 0.29) is 18.1 Å². The second-order valence-corrected chi connectivity index (χ2v) is 11.2. The molecule has 3 aromatic rings. The number of ether oxygens (including phenoxy) is 2. The Morgan fingerprint density at radius 1 is 1.11 bits per heavy atom. The van der Waals surface area contributed by atoms with Gasteiger partial charge in [-0.25, -0.2) is 9.78 Å². The van der Waals surface area contributed by atoms with Crippen molar-refractivity contribution in [2.24, 2.45) is 5.92 Å². The summed E-state index contributed by atoms with van der Waals surface area (Å²) in [6, 6.07) is 8.19. The lowest BCUT2D eigenvalue weighted by Crippen LogP contribution is -2.39. The van der Waals surface area contributed by atoms with Gasteiger partial charge in [-0.15, -0.1) is 0 Å². The number of fused-ring (bicyclic) bond motifs is 2. The number of carbonyl (C=O) groups excluding carboxylic acids is 1. The van der Waals surface area contributed by atoms with E-state index in [4.69, 9.17) is 26.1 Å². The second kappa shape index (κ2) is 9.85. The van der Waals surface area contributed by atoms with Crippen LogP contribution in [0.25, 0.3) is 22.4 Å². The summed E-state index contributed by atoms with van der Waals surface area (Å²) in [5.41, 5.74) is 4.41. The zero-order valence-corrected chi connectivity index (χ0v) is 22.0. The summed E-state index contributed by atoms with van der Waals surface area (Å²) in [6.45, 7) is 6.68. The van der Waals surface area contributed by atoms with E-state index < -0.39 is 11.6 Å². The van der Waals surface area contributed by atoms with E-state index in [9.17, 15) is 14.7 Å². The molecule has 2 N–H and O–H groups in total. The van der Waals surface area contributed by atoms with E-state index in [0.717, 1.165) is 16.7 Å². The van der Waals surface area contributed by atoms with Crippen LogP contribution in [0.1, 0.15) is 57.6 Å². The maximum absolute atomic E-state index is 12.5. The largest absolute Gasteiger partial charge is 0.481 e. The summed E-state index contributed by atoms with van der Waals surface area (Å²) in [5.74, 6) is -1.04. The van der Waals surface area contributed by atoms with Crippen LogP contribution in [0.15, 0.2) is 24.3 Å². The smallest absolute Gasteiger partial charge is 0.410 e. The number of halogens is 1. The van der Waals surface area contributed by atoms with E-state index in [1.807, 2.05) is 32.9 Å². The van der Waals surface area contributed by atoms with Gasteiger partial charge in [0.25, 0.3) is 6.01 Å². The van der Waals surface area contributed by atoms with Crippen molar-refractivity contribution in [1.29, 1.82) is 0 Å². The molecule has 2 aliphatic rings. The number of amides is 1. The van der Waals surface area contributed by atoms with Gasteiger partial charge in [-0.1, -0.05) is 23.7 Å². The molecule has 1 aromatic carbocycles. The third-order valence-corrected chi connectivity index (χ3v) is 7.14. The van der Waals surface area contributed by atoms with Crippen molar-refractivity contribution in [3.63, 3.8) is 0 Å². The third-order valence-electron chi connectivity index (χ3n) is 6.85. The molecule has 0 bridgehead atoms. The van der Waals surface area contributed by atoms with Crippen LogP contribution in [0, 0.1) is 5.92 Å². The molecule has 1 amide bonds. The first-order chi connectivity index (χ1) is 17.6. The molecule has 0 unspecified atom stereocenters. The van der Waals surface area contributed by atoms with E-state index in [1.165, 1.54) is 0 Å². The molecule has 10 heteroatoms. The Bertz CT molecular complexity index is 1340. The van der Waals surface area contributed by atoms with Gasteiger partial charge in [0.15, 0.2) is 5.65 Å². The molecule has 9 nitrogen and oxygen atoms in total. The zero-order chi connectivity index (χ0) is 26.3. The van der Waals surface area contributed by atoms with Gasteiger partial charge in [-0.05, 0) is 76.1 Å². The topological polar surface area (TPSA) is 118 Å². The van der Waals surface area contributed by atoms with Crippen molar-refractivity contribution in [3.8, 4) is 17.3 Å². The third kappa shape index (κ3) is 5.66. The van der Waals surface area contributed by atoms with Crippen LogP contribution >= 0.6 is 11.6 Å². The molecule has 0 radical (unpaired) electrons. The fourth-order valence-electron chi connectivity index (χ4n) is 4.92. The SMILES string of the molecule is CC(C)(C)OC(=O)N1CCc2cc(-c3nc4[nH]c(O[C@H]5CC[C@H](C(=O)O)CC5)nc4cc3Cl)ccc2C1. The van der Waals surface area contributed by atoms with Crippen LogP contribution < -0.4 is 4.74 Å². The highest BCUT2D eigenvalue weighted by Crippen LogP contribution is 2.33. The predicted octanol–water partition coefficient (Wildman–Crippen LogP) is 5.59. The number of pyridine rings is 1. The number of aromatic nitrogens is 3. The molecule has 5 rings (SSSR count). The quantitative estimate of drug-likeness (QED) is 0.454. The molecule has 0 spiro atoms. The van der Waals surface area contributed by atoms with Crippen molar-refractivity contribution < 1.29 is 24.2 Å². The minimum absolute atomic E-state index is 0.0769. The average Bonchev–Trinajstić information content (AvgIpc) is 3.23. The fraction of sp³-hybridized carbons (Fsp3) is 0.481. The molecule has 0 atom stereocenters. The van der Waals surface area contributed by atoms with Gasteiger partial charge in [-0.3, -0.25) is 9.78 Å². The molecule has 37 heavy (non-hydrogen) atoms. The number of benzene rings is 1. The molecule has 1 aliphatic carbocycles. The first kappa shape index (κ1) is 25.3. The number of nitrogens with one attached hydrogen (secondary N) is 1. The van der Waals surface area contributed by atoms with E-state index >= 15 is 0 Å². The molecule has 0 saturated heterocycles. The van der Waals surface area contributed by atoms with Gasteiger partial charge in [0, 0.05) is 18.7 Å². The fourth-order valence-corrected chi connectivity index (χ4v) is 5.18. The molecular weight excluding hydrogens is 496 g/mol. The number of aliphatic carboxylic acids is 1. The molecule has 196 valence electrons. The molecule has 3 heterocycles. The van der Waals surface area contributed by atoms with E-state index in [0.29, 0.717) is 73.1 Å². The Kier molecular flexibility index (Phi) is 6.74. The van der Waals surface area contributed by atoms with Crippen LogP contribution in [0.3, 0.4) is 0 Å². The highest BCUT2D eigenvalue weighted by molar-refractivity contribution is 6.33. The van der Waals surface area contributed by atoms with Crippen molar-refractivity contribution in [2.75, 3.05) is 6.54 Å². The van der Waals surface area contributed by atoms with Crippen LogP contribution in [-0.2, 0) is 22.5 Å². The van der Waals surface area contributed by atoms with Gasteiger partial charge in [0.2, 0.25) is 0 Å². The number of carbonyl (C=O) groups is 2. The number of aromatic amines is 1. The lowest BCUT2D eigenvalue weighted by Gasteiger charge is -2.31. The normalized spacial score (nSPS) is 19.9. The Morgan fingerprint density at radius 3 is 2.57 bits per heavy atom. The highest BCUT2D eigenvalue weighted by atomic mass is 35.5. The number of carboxylic acids is 1. The molecular formula is C27H31ClN4O5. The summed E-state index contributed by atoms with van der Waals surface area (Å²) < 4.78 is 11.5. The molecule has 1 aliphatic heterocycles. The monoisotopic (exact) mass is 526 g/mol. The van der Waals surface area contributed by atoms with Gasteiger partial charge in [0.05, 0.1) is 16.6 Å². The first-order valence-electron chi connectivity index (χ1n) is 12.6. The van der Waals surface area contributed by atoms with E-state index in [1.54, 1.807) is 11.0 Å². The number of hydrogen-bond donors (Lipinski definition) is 2.